The van der Waals surface area contributed by atoms with Gasteiger partial charge in [0.05, 0.1) is 24.3 Å². The summed E-state index contributed by atoms with van der Waals surface area (Å²) in [5.41, 5.74) is -0.685. The van der Waals surface area contributed by atoms with Crippen LogP contribution in [0, 0.1) is 5.41 Å². The van der Waals surface area contributed by atoms with Gasteiger partial charge in [-0.15, -0.1) is 0 Å². The Morgan fingerprint density at radius 1 is 0.595 bits per heavy atom. The van der Waals surface area contributed by atoms with Crippen LogP contribution >= 0.6 is 0 Å². The molecule has 0 unspecified atom stereocenters. The van der Waals surface area contributed by atoms with Crippen LogP contribution < -0.4 is 0 Å². The van der Waals surface area contributed by atoms with Crippen molar-refractivity contribution in [2.75, 3.05) is 26.4 Å². The standard InChI is InChI=1S/C8H6O4.C6H10O4.C6H14O2.C5H12O2/c9-7(10)5-3-1-2-4-6(5)8(11)12;7-5(8)3-1-2-4-6(9)10;7-5-3-1-2-4-6-8;1-5(2,3-6)4-7/h1-4H,(H,9,10)(H,11,12);1-4H2,(H,7,8)(H,9,10);7-8H,1-6H2;6-7H,3-4H2,1-2H3. The van der Waals surface area contributed by atoms with Gasteiger partial charge in [-0.25, -0.2) is 9.59 Å². The SMILES string of the molecule is CC(C)(CO)CO.O=C(O)CCCCC(=O)O.O=C(O)c1ccccc1C(=O)O.OCCCCCCO. The molecule has 0 aliphatic rings. The Morgan fingerprint density at radius 3 is 1.11 bits per heavy atom. The molecule has 1 aromatic rings. The number of unbranched alkanes of at least 4 members (excludes halogenated alkanes) is 4. The van der Waals surface area contributed by atoms with Gasteiger partial charge in [-0.3, -0.25) is 9.59 Å². The number of carbonyl (C=O) groups is 4. The van der Waals surface area contributed by atoms with E-state index >= 15 is 0 Å². The van der Waals surface area contributed by atoms with Crippen molar-refractivity contribution in [2.45, 2.75) is 65.2 Å². The molecule has 0 saturated heterocycles. The zero-order valence-electron chi connectivity index (χ0n) is 21.5. The summed E-state index contributed by atoms with van der Waals surface area (Å²) in [6, 6.07) is 5.48. The van der Waals surface area contributed by atoms with Gasteiger partial charge < -0.3 is 40.9 Å². The van der Waals surface area contributed by atoms with Gasteiger partial charge in [0, 0.05) is 31.5 Å². The van der Waals surface area contributed by atoms with Crippen molar-refractivity contribution >= 4 is 23.9 Å². The third kappa shape index (κ3) is 27.4. The summed E-state index contributed by atoms with van der Waals surface area (Å²) in [4.78, 5) is 40.7. The second-order valence-electron chi connectivity index (χ2n) is 8.49. The van der Waals surface area contributed by atoms with E-state index in [-0.39, 0.29) is 55.8 Å². The number of hydrogen-bond acceptors (Lipinski definition) is 8. The van der Waals surface area contributed by atoms with Gasteiger partial charge in [0.1, 0.15) is 0 Å². The van der Waals surface area contributed by atoms with Crippen LogP contribution in [0.4, 0.5) is 0 Å². The monoisotopic (exact) mass is 534 g/mol. The quantitative estimate of drug-likeness (QED) is 0.161. The summed E-state index contributed by atoms with van der Waals surface area (Å²) in [6.45, 7) is 4.25. The molecule has 1 aromatic carbocycles. The average molecular weight is 535 g/mol. The van der Waals surface area contributed by atoms with Crippen LogP contribution in [-0.2, 0) is 9.59 Å². The molecular weight excluding hydrogens is 492 g/mol. The van der Waals surface area contributed by atoms with Crippen molar-refractivity contribution in [3.8, 4) is 0 Å². The fourth-order valence-corrected chi connectivity index (χ4v) is 2.04. The molecule has 214 valence electrons. The van der Waals surface area contributed by atoms with Gasteiger partial charge in [0.15, 0.2) is 0 Å². The normalized spacial score (nSPS) is 9.89. The number of hydrogen-bond donors (Lipinski definition) is 8. The Bertz CT molecular complexity index is 701. The molecule has 0 heterocycles. The average Bonchev–Trinajstić information content (AvgIpc) is 2.85. The lowest BCUT2D eigenvalue weighted by Gasteiger charge is -2.16. The number of aliphatic hydroxyl groups is 4. The summed E-state index contributed by atoms with van der Waals surface area (Å²) in [7, 11) is 0. The first kappa shape index (κ1) is 38.5. The van der Waals surface area contributed by atoms with Crippen LogP contribution in [-0.4, -0.2) is 91.2 Å². The molecule has 1 rings (SSSR count). The summed E-state index contributed by atoms with van der Waals surface area (Å²) < 4.78 is 0. The Morgan fingerprint density at radius 2 is 0.919 bits per heavy atom. The highest BCUT2D eigenvalue weighted by molar-refractivity contribution is 6.01. The zero-order chi connectivity index (χ0) is 29.3. The fourth-order valence-electron chi connectivity index (χ4n) is 2.04. The first-order valence-corrected chi connectivity index (χ1v) is 11.7. The Labute approximate surface area is 216 Å². The van der Waals surface area contributed by atoms with Gasteiger partial charge >= 0.3 is 23.9 Å². The van der Waals surface area contributed by atoms with Crippen molar-refractivity contribution in [2.24, 2.45) is 5.41 Å². The molecule has 0 bridgehead atoms. The molecule has 0 aliphatic heterocycles. The van der Waals surface area contributed by atoms with Gasteiger partial charge in [-0.2, -0.15) is 0 Å². The van der Waals surface area contributed by atoms with Crippen molar-refractivity contribution in [3.63, 3.8) is 0 Å². The van der Waals surface area contributed by atoms with E-state index in [9.17, 15) is 19.2 Å². The van der Waals surface area contributed by atoms with Gasteiger partial charge in [-0.1, -0.05) is 38.8 Å². The maximum absolute atomic E-state index is 10.5. The minimum absolute atomic E-state index is 0.0451. The van der Waals surface area contributed by atoms with Gasteiger partial charge in [-0.05, 0) is 37.8 Å². The second kappa shape index (κ2) is 24.6. The third-order valence-electron chi connectivity index (χ3n) is 4.34. The lowest BCUT2D eigenvalue weighted by atomic mass is 9.97. The molecule has 0 atom stereocenters. The lowest BCUT2D eigenvalue weighted by Crippen LogP contribution is -2.20. The molecule has 8 N–H and O–H groups in total. The van der Waals surface area contributed by atoms with Crippen LogP contribution in [0.15, 0.2) is 24.3 Å². The van der Waals surface area contributed by atoms with E-state index < -0.39 is 23.9 Å². The van der Waals surface area contributed by atoms with E-state index in [1.807, 2.05) is 0 Å². The molecule has 0 aromatic heterocycles. The van der Waals surface area contributed by atoms with Crippen molar-refractivity contribution in [3.05, 3.63) is 35.4 Å². The summed E-state index contributed by atoms with van der Waals surface area (Å²) in [6.07, 6.45) is 4.85. The minimum atomic E-state index is -1.23. The van der Waals surface area contributed by atoms with Crippen molar-refractivity contribution < 1.29 is 60.0 Å². The summed E-state index contributed by atoms with van der Waals surface area (Å²) in [5, 5.41) is 66.8. The molecule has 12 heteroatoms. The number of aliphatic hydroxyl groups excluding tert-OH is 4. The second-order valence-corrected chi connectivity index (χ2v) is 8.49. The zero-order valence-corrected chi connectivity index (χ0v) is 21.5. The van der Waals surface area contributed by atoms with Crippen LogP contribution in [0.2, 0.25) is 0 Å². The summed E-state index contributed by atoms with van der Waals surface area (Å²) in [5.74, 6) is -4.20. The van der Waals surface area contributed by atoms with E-state index in [1.165, 1.54) is 24.3 Å². The maximum Gasteiger partial charge on any atom is 0.336 e. The van der Waals surface area contributed by atoms with Crippen LogP contribution in [0.1, 0.15) is 85.9 Å². The molecule has 0 fully saturated rings. The topological polar surface area (TPSA) is 230 Å². The van der Waals surface area contributed by atoms with Crippen LogP contribution in [0.5, 0.6) is 0 Å². The van der Waals surface area contributed by atoms with Gasteiger partial charge in [0.25, 0.3) is 0 Å². The largest absolute Gasteiger partial charge is 0.481 e. The van der Waals surface area contributed by atoms with Gasteiger partial charge in [0.2, 0.25) is 0 Å². The predicted molar refractivity (Wildman–Crippen MR) is 135 cm³/mol. The third-order valence-corrected chi connectivity index (χ3v) is 4.34. The fraction of sp³-hybridized carbons (Fsp3) is 0.600. The number of carboxylic acid groups (broad SMARTS) is 4. The highest BCUT2D eigenvalue weighted by Gasteiger charge is 2.14. The smallest absolute Gasteiger partial charge is 0.336 e. The van der Waals surface area contributed by atoms with E-state index in [0.29, 0.717) is 12.8 Å². The number of rotatable bonds is 14. The maximum atomic E-state index is 10.5. The molecule has 0 amide bonds. The van der Waals surface area contributed by atoms with Crippen molar-refractivity contribution in [1.29, 1.82) is 0 Å². The Balaban J connectivity index is -0.000000427. The molecule has 0 radical (unpaired) electrons. The van der Waals surface area contributed by atoms with E-state index in [0.717, 1.165) is 25.7 Å². The molecule has 0 aliphatic carbocycles. The minimum Gasteiger partial charge on any atom is -0.481 e. The first-order chi connectivity index (χ1) is 17.3. The Hall–Kier alpha value is -3.06. The van der Waals surface area contributed by atoms with Crippen molar-refractivity contribution in [1.82, 2.24) is 0 Å². The molecule has 0 saturated carbocycles. The molecular formula is C25H42O12. The molecule has 0 spiro atoms. The van der Waals surface area contributed by atoms with E-state index in [2.05, 4.69) is 0 Å². The van der Waals surface area contributed by atoms with E-state index in [4.69, 9.17) is 40.9 Å². The number of carboxylic acids is 4. The molecule has 12 nitrogen and oxygen atoms in total. The van der Waals surface area contributed by atoms with E-state index in [1.54, 1.807) is 13.8 Å². The first-order valence-electron chi connectivity index (χ1n) is 11.7. The lowest BCUT2D eigenvalue weighted by molar-refractivity contribution is -0.139. The summed E-state index contributed by atoms with van der Waals surface area (Å²) >= 11 is 0. The van der Waals surface area contributed by atoms with Crippen LogP contribution in [0.25, 0.3) is 0 Å². The number of aliphatic carboxylic acids is 2. The Kier molecular flexibility index (Phi) is 25.6. The number of benzene rings is 1. The predicted octanol–water partition coefficient (Wildman–Crippen LogP) is 2.33. The number of aromatic carboxylic acids is 2. The molecule has 37 heavy (non-hydrogen) atoms. The highest BCUT2D eigenvalue weighted by atomic mass is 16.4. The highest BCUT2D eigenvalue weighted by Crippen LogP contribution is 2.10. The van der Waals surface area contributed by atoms with Crippen LogP contribution in [0.3, 0.4) is 0 Å².